The number of hydrogen-bond donors (Lipinski definition) is 1. The zero-order chi connectivity index (χ0) is 13.4. The number of aromatic nitrogens is 2. The monoisotopic (exact) mass is 281 g/mol. The molecule has 20 heavy (non-hydrogen) atoms. The second-order valence-corrected chi connectivity index (χ2v) is 6.21. The third kappa shape index (κ3) is 2.16. The molecule has 0 radical (unpaired) electrons. The molecule has 4 heteroatoms. The predicted octanol–water partition coefficient (Wildman–Crippen LogP) is 4.25. The highest BCUT2D eigenvalue weighted by molar-refractivity contribution is 7.15. The van der Waals surface area contributed by atoms with Gasteiger partial charge in [0.25, 0.3) is 0 Å². The number of para-hydroxylation sites is 1. The van der Waals surface area contributed by atoms with E-state index in [-0.39, 0.29) is 0 Å². The molecule has 0 amide bonds. The van der Waals surface area contributed by atoms with E-state index < -0.39 is 0 Å². The zero-order valence-corrected chi connectivity index (χ0v) is 11.9. The second-order valence-electron chi connectivity index (χ2n) is 5.14. The van der Waals surface area contributed by atoms with Crippen LogP contribution in [0.25, 0.3) is 10.9 Å². The number of benzene rings is 1. The van der Waals surface area contributed by atoms with Crippen molar-refractivity contribution in [3.63, 3.8) is 0 Å². The van der Waals surface area contributed by atoms with E-state index in [9.17, 15) is 0 Å². The summed E-state index contributed by atoms with van der Waals surface area (Å²) in [5.74, 6) is 0. The summed E-state index contributed by atoms with van der Waals surface area (Å²) in [6.45, 7) is 0. The minimum absolute atomic E-state index is 0.885. The Morgan fingerprint density at radius 3 is 3.00 bits per heavy atom. The number of aliphatic imine (C=N–C) groups is 1. The molecule has 0 saturated heterocycles. The number of thiazole rings is 1. The fourth-order valence-corrected chi connectivity index (χ4v) is 3.68. The van der Waals surface area contributed by atoms with Crippen molar-refractivity contribution in [2.45, 2.75) is 25.7 Å². The van der Waals surface area contributed by atoms with Crippen molar-refractivity contribution in [2.24, 2.45) is 4.99 Å². The predicted molar refractivity (Wildman–Crippen MR) is 84.3 cm³/mol. The number of nitrogens with zero attached hydrogens (tertiary/aromatic N) is 2. The topological polar surface area (TPSA) is 41.0 Å². The van der Waals surface area contributed by atoms with E-state index >= 15 is 0 Å². The summed E-state index contributed by atoms with van der Waals surface area (Å²) in [4.78, 5) is 13.9. The lowest BCUT2D eigenvalue weighted by Gasteiger charge is -2.06. The third-order valence-electron chi connectivity index (χ3n) is 3.70. The maximum atomic E-state index is 4.63. The molecule has 3 aromatic rings. The lowest BCUT2D eigenvalue weighted by atomic mass is 10.0. The number of aromatic amines is 1. The largest absolute Gasteiger partial charge is 0.354 e. The van der Waals surface area contributed by atoms with Crippen molar-refractivity contribution in [2.75, 3.05) is 0 Å². The molecule has 4 rings (SSSR count). The van der Waals surface area contributed by atoms with Crippen LogP contribution < -0.4 is 0 Å². The maximum Gasteiger partial charge on any atom is 0.209 e. The first-order valence-corrected chi connectivity index (χ1v) is 7.80. The van der Waals surface area contributed by atoms with Gasteiger partial charge in [-0.25, -0.2) is 9.98 Å². The van der Waals surface area contributed by atoms with E-state index in [1.807, 2.05) is 18.3 Å². The van der Waals surface area contributed by atoms with Crippen molar-refractivity contribution >= 4 is 33.6 Å². The van der Waals surface area contributed by atoms with Crippen LogP contribution in [0.4, 0.5) is 5.13 Å². The second kappa shape index (κ2) is 4.87. The third-order valence-corrected chi connectivity index (χ3v) is 4.76. The normalized spacial score (nSPS) is 15.0. The molecule has 100 valence electrons. The molecule has 3 nitrogen and oxygen atoms in total. The Morgan fingerprint density at radius 1 is 1.20 bits per heavy atom. The van der Waals surface area contributed by atoms with Gasteiger partial charge in [0.05, 0.1) is 17.6 Å². The molecule has 0 bridgehead atoms. The van der Waals surface area contributed by atoms with Gasteiger partial charge in [0.2, 0.25) is 5.13 Å². The standard InChI is InChI=1S/C16H15N3S/c1-2-6-13-11(5-1)9-12(18-13)10-17-16-19-14-7-3-4-8-15(14)20-16/h1-2,5-6,9-10,18H,3-4,7-8H2. The molecule has 2 aromatic heterocycles. The van der Waals surface area contributed by atoms with Crippen LogP contribution in [0.3, 0.4) is 0 Å². The number of fused-ring (bicyclic) bond motifs is 2. The van der Waals surface area contributed by atoms with Gasteiger partial charge >= 0.3 is 0 Å². The lowest BCUT2D eigenvalue weighted by molar-refractivity contribution is 0.682. The van der Waals surface area contributed by atoms with E-state index in [1.165, 1.54) is 35.2 Å². The van der Waals surface area contributed by atoms with Crippen molar-refractivity contribution in [1.29, 1.82) is 0 Å². The Hall–Kier alpha value is -1.94. The van der Waals surface area contributed by atoms with E-state index in [2.05, 4.69) is 33.2 Å². The average molecular weight is 281 g/mol. The lowest BCUT2D eigenvalue weighted by Crippen LogP contribution is -1.98. The molecule has 2 heterocycles. The first-order valence-electron chi connectivity index (χ1n) is 6.99. The quantitative estimate of drug-likeness (QED) is 0.701. The summed E-state index contributed by atoms with van der Waals surface area (Å²) < 4.78 is 0. The minimum Gasteiger partial charge on any atom is -0.354 e. The molecule has 0 aliphatic heterocycles. The van der Waals surface area contributed by atoms with Gasteiger partial charge in [0.15, 0.2) is 0 Å². The number of rotatable bonds is 2. The molecule has 0 unspecified atom stereocenters. The van der Waals surface area contributed by atoms with Gasteiger partial charge in [-0.1, -0.05) is 29.5 Å². The van der Waals surface area contributed by atoms with Gasteiger partial charge in [0.1, 0.15) is 0 Å². The fraction of sp³-hybridized carbons (Fsp3) is 0.250. The Kier molecular flexibility index (Phi) is 2.89. The Bertz CT molecular complexity index is 725. The van der Waals surface area contributed by atoms with Crippen LogP contribution >= 0.6 is 11.3 Å². The Labute approximate surface area is 121 Å². The van der Waals surface area contributed by atoms with Gasteiger partial charge in [0, 0.05) is 15.8 Å². The Morgan fingerprint density at radius 2 is 2.10 bits per heavy atom. The molecular formula is C16H15N3S. The first-order chi connectivity index (χ1) is 9.88. The van der Waals surface area contributed by atoms with Gasteiger partial charge in [-0.15, -0.1) is 0 Å². The van der Waals surface area contributed by atoms with Gasteiger partial charge < -0.3 is 4.98 Å². The summed E-state index contributed by atoms with van der Waals surface area (Å²) in [6, 6.07) is 10.4. The van der Waals surface area contributed by atoms with Crippen LogP contribution in [-0.4, -0.2) is 16.2 Å². The molecular weight excluding hydrogens is 266 g/mol. The highest BCUT2D eigenvalue weighted by Crippen LogP contribution is 2.31. The van der Waals surface area contributed by atoms with E-state index in [0.717, 1.165) is 22.8 Å². The molecule has 0 saturated carbocycles. The maximum absolute atomic E-state index is 4.63. The zero-order valence-electron chi connectivity index (χ0n) is 11.1. The number of hydrogen-bond acceptors (Lipinski definition) is 3. The molecule has 0 atom stereocenters. The highest BCUT2D eigenvalue weighted by Gasteiger charge is 2.14. The summed E-state index contributed by atoms with van der Waals surface area (Å²) in [5.41, 5.74) is 3.44. The number of aryl methyl sites for hydroxylation is 2. The van der Waals surface area contributed by atoms with Gasteiger partial charge in [-0.2, -0.15) is 0 Å². The summed E-state index contributed by atoms with van der Waals surface area (Å²) in [6.07, 6.45) is 6.73. The van der Waals surface area contributed by atoms with Crippen LogP contribution in [-0.2, 0) is 12.8 Å². The van der Waals surface area contributed by atoms with E-state index in [1.54, 1.807) is 11.3 Å². The minimum atomic E-state index is 0.885. The van der Waals surface area contributed by atoms with Crippen molar-refractivity contribution < 1.29 is 0 Å². The average Bonchev–Trinajstić information content (AvgIpc) is 3.07. The first kappa shape index (κ1) is 11.9. The number of nitrogens with one attached hydrogen (secondary N) is 1. The highest BCUT2D eigenvalue weighted by atomic mass is 32.1. The summed E-state index contributed by atoms with van der Waals surface area (Å²) >= 11 is 1.74. The van der Waals surface area contributed by atoms with Crippen molar-refractivity contribution in [3.05, 3.63) is 46.6 Å². The van der Waals surface area contributed by atoms with Crippen LogP contribution in [0.15, 0.2) is 35.3 Å². The van der Waals surface area contributed by atoms with Crippen LogP contribution in [0.2, 0.25) is 0 Å². The van der Waals surface area contributed by atoms with Gasteiger partial charge in [-0.05, 0) is 37.8 Å². The van der Waals surface area contributed by atoms with Gasteiger partial charge in [-0.3, -0.25) is 0 Å². The van der Waals surface area contributed by atoms with Crippen LogP contribution in [0.1, 0.15) is 29.1 Å². The molecule has 0 fully saturated rings. The molecule has 1 aliphatic rings. The summed E-state index contributed by atoms with van der Waals surface area (Å²) in [7, 11) is 0. The summed E-state index contributed by atoms with van der Waals surface area (Å²) in [5, 5.41) is 2.10. The fourth-order valence-electron chi connectivity index (χ4n) is 2.68. The van der Waals surface area contributed by atoms with E-state index in [4.69, 9.17) is 0 Å². The van der Waals surface area contributed by atoms with Crippen LogP contribution in [0.5, 0.6) is 0 Å². The van der Waals surface area contributed by atoms with E-state index in [0.29, 0.717) is 0 Å². The van der Waals surface area contributed by atoms with Crippen LogP contribution in [0, 0.1) is 0 Å². The number of H-pyrrole nitrogens is 1. The molecule has 0 spiro atoms. The molecule has 1 aliphatic carbocycles. The molecule has 1 N–H and O–H groups in total. The smallest absolute Gasteiger partial charge is 0.209 e. The van der Waals surface area contributed by atoms with Crippen molar-refractivity contribution in [1.82, 2.24) is 9.97 Å². The van der Waals surface area contributed by atoms with Crippen molar-refractivity contribution in [3.8, 4) is 0 Å². The SMILES string of the molecule is C(=Nc1nc2c(s1)CCCC2)c1cc2ccccc2[nH]1. The Balaban J connectivity index is 1.62. The molecule has 1 aromatic carbocycles.